The molecule has 3 N–H and O–H groups in total. The number of nitrogens with zero attached hydrogens (tertiary/aromatic N) is 1. The number of hydrogen-bond donors (Lipinski definition) is 3. The molecule has 128 valence electrons. The largest absolute Gasteiger partial charge is 0.490 e. The summed E-state index contributed by atoms with van der Waals surface area (Å²) < 4.78 is 5.33. The molecule has 1 unspecified atom stereocenters. The zero-order chi connectivity index (χ0) is 17.5. The predicted molar refractivity (Wildman–Crippen MR) is 83.9 cm³/mol. The van der Waals surface area contributed by atoms with Crippen LogP contribution in [0.25, 0.3) is 0 Å². The van der Waals surface area contributed by atoms with Crippen LogP contribution in [0, 0.1) is 0 Å². The van der Waals surface area contributed by atoms with E-state index in [9.17, 15) is 14.4 Å². The fourth-order valence-corrected chi connectivity index (χ4v) is 3.06. The van der Waals surface area contributed by atoms with Gasteiger partial charge in [0, 0.05) is 12.1 Å². The number of fused-ring (bicyclic) bond motifs is 1. The minimum atomic E-state index is -1.17. The topological polar surface area (TPSA) is 108 Å². The average Bonchev–Trinajstić information content (AvgIpc) is 2.94. The van der Waals surface area contributed by atoms with Gasteiger partial charge in [0.15, 0.2) is 0 Å². The Labute approximate surface area is 142 Å². The summed E-state index contributed by atoms with van der Waals surface area (Å²) in [5.41, 5.74) is -0.0234. The molecule has 2 heterocycles. The van der Waals surface area contributed by atoms with Gasteiger partial charge >= 0.3 is 6.03 Å². The van der Waals surface area contributed by atoms with Crippen LogP contribution in [-0.2, 0) is 11.3 Å². The van der Waals surface area contributed by atoms with Crippen molar-refractivity contribution >= 4 is 29.4 Å². The molecular weight excluding hydrogens is 338 g/mol. The van der Waals surface area contributed by atoms with Gasteiger partial charge in [-0.3, -0.25) is 14.9 Å². The lowest BCUT2D eigenvalue weighted by Gasteiger charge is -2.26. The lowest BCUT2D eigenvalue weighted by molar-refractivity contribution is -0.123. The van der Waals surface area contributed by atoms with Gasteiger partial charge in [0.25, 0.3) is 11.8 Å². The van der Waals surface area contributed by atoms with Gasteiger partial charge in [0.05, 0.1) is 18.2 Å². The summed E-state index contributed by atoms with van der Waals surface area (Å²) in [6.45, 7) is 1.83. The molecule has 2 aliphatic heterocycles. The average molecular weight is 354 g/mol. The van der Waals surface area contributed by atoms with Gasteiger partial charge in [0.1, 0.15) is 17.9 Å². The molecule has 0 saturated carbocycles. The number of carbonyl (C=O) groups is 3. The molecule has 0 aliphatic carbocycles. The summed E-state index contributed by atoms with van der Waals surface area (Å²) in [7, 11) is 0. The number of ether oxygens (including phenoxy) is 1. The first-order chi connectivity index (χ1) is 11.3. The fourth-order valence-electron chi connectivity index (χ4n) is 2.84. The summed E-state index contributed by atoms with van der Waals surface area (Å²) in [5.74, 6) is -0.353. The molecule has 24 heavy (non-hydrogen) atoms. The van der Waals surface area contributed by atoms with Crippen molar-refractivity contribution in [2.24, 2.45) is 0 Å². The molecule has 8 nitrogen and oxygen atoms in total. The van der Waals surface area contributed by atoms with E-state index in [1.165, 1.54) is 11.0 Å². The number of hydrogen-bond acceptors (Lipinski definition) is 5. The van der Waals surface area contributed by atoms with Gasteiger partial charge in [-0.2, -0.15) is 0 Å². The van der Waals surface area contributed by atoms with E-state index < -0.39 is 17.5 Å². The first kappa shape index (κ1) is 16.5. The van der Waals surface area contributed by atoms with E-state index in [2.05, 4.69) is 10.6 Å². The Kier molecular flexibility index (Phi) is 4.10. The Morgan fingerprint density at radius 1 is 1.38 bits per heavy atom. The molecule has 4 amide bonds. The van der Waals surface area contributed by atoms with E-state index in [1.807, 2.05) is 0 Å². The molecule has 0 bridgehead atoms. The third kappa shape index (κ3) is 2.78. The Balaban J connectivity index is 1.80. The van der Waals surface area contributed by atoms with Crippen LogP contribution in [0.15, 0.2) is 12.1 Å². The zero-order valence-electron chi connectivity index (χ0n) is 12.9. The Morgan fingerprint density at radius 2 is 2.12 bits per heavy atom. The number of rotatable bonds is 5. The van der Waals surface area contributed by atoms with Gasteiger partial charge < -0.3 is 20.1 Å². The van der Waals surface area contributed by atoms with Crippen LogP contribution in [0.2, 0.25) is 5.02 Å². The second-order valence-corrected chi connectivity index (χ2v) is 6.32. The highest BCUT2D eigenvalue weighted by Crippen LogP contribution is 2.34. The molecule has 0 radical (unpaired) electrons. The van der Waals surface area contributed by atoms with Gasteiger partial charge in [0.2, 0.25) is 0 Å². The lowest BCUT2D eigenvalue weighted by Crippen LogP contribution is -2.52. The molecule has 1 saturated heterocycles. The summed E-state index contributed by atoms with van der Waals surface area (Å²) in [6.07, 6.45) is 0. The van der Waals surface area contributed by atoms with E-state index in [4.69, 9.17) is 21.4 Å². The fraction of sp³-hybridized carbons (Fsp3) is 0.400. The molecule has 1 fully saturated rings. The van der Waals surface area contributed by atoms with Crippen LogP contribution >= 0.6 is 11.6 Å². The molecule has 1 atom stereocenters. The molecule has 0 aromatic heterocycles. The number of amides is 4. The van der Waals surface area contributed by atoms with E-state index in [0.717, 1.165) is 0 Å². The van der Waals surface area contributed by atoms with Crippen LogP contribution in [0.4, 0.5) is 4.79 Å². The van der Waals surface area contributed by atoms with Crippen molar-refractivity contribution in [3.63, 3.8) is 0 Å². The highest BCUT2D eigenvalue weighted by atomic mass is 35.5. The lowest BCUT2D eigenvalue weighted by atomic mass is 10.0. The SMILES string of the molecule is CC1(CN2Cc3cc(OCCO)c(Cl)cc3C2=O)NC(=O)NC1=O. The first-order valence-corrected chi connectivity index (χ1v) is 7.71. The van der Waals surface area contributed by atoms with E-state index in [1.54, 1.807) is 13.0 Å². The molecule has 0 spiro atoms. The molecular formula is C15H16ClN3O5. The van der Waals surface area contributed by atoms with Crippen molar-refractivity contribution in [2.75, 3.05) is 19.8 Å². The number of benzene rings is 1. The van der Waals surface area contributed by atoms with Crippen molar-refractivity contribution in [2.45, 2.75) is 19.0 Å². The second-order valence-electron chi connectivity index (χ2n) is 5.91. The smallest absolute Gasteiger partial charge is 0.322 e. The maximum absolute atomic E-state index is 12.5. The minimum Gasteiger partial charge on any atom is -0.490 e. The third-order valence-corrected chi connectivity index (χ3v) is 4.31. The quantitative estimate of drug-likeness (QED) is 0.658. The van der Waals surface area contributed by atoms with Gasteiger partial charge in [-0.05, 0) is 24.6 Å². The summed E-state index contributed by atoms with van der Waals surface area (Å²) in [6, 6.07) is 2.59. The van der Waals surface area contributed by atoms with Crippen LogP contribution in [-0.4, -0.2) is 53.1 Å². The second kappa shape index (κ2) is 5.95. The van der Waals surface area contributed by atoms with Crippen LogP contribution in [0.1, 0.15) is 22.8 Å². The number of carbonyl (C=O) groups excluding carboxylic acids is 3. The molecule has 1 aromatic rings. The van der Waals surface area contributed by atoms with E-state index in [-0.39, 0.29) is 37.2 Å². The molecule has 9 heteroatoms. The highest BCUT2D eigenvalue weighted by molar-refractivity contribution is 6.32. The van der Waals surface area contributed by atoms with Gasteiger partial charge in [-0.25, -0.2) is 4.79 Å². The number of urea groups is 1. The predicted octanol–water partition coefficient (Wildman–Crippen LogP) is 0.265. The monoisotopic (exact) mass is 353 g/mol. The number of aliphatic hydroxyl groups excluding tert-OH is 1. The van der Waals surface area contributed by atoms with Crippen LogP contribution in [0.3, 0.4) is 0 Å². The van der Waals surface area contributed by atoms with E-state index in [0.29, 0.717) is 16.9 Å². The zero-order valence-corrected chi connectivity index (χ0v) is 13.6. The van der Waals surface area contributed by atoms with Gasteiger partial charge in [-0.1, -0.05) is 11.6 Å². The number of imide groups is 1. The normalized spacial score (nSPS) is 22.5. The van der Waals surface area contributed by atoms with Crippen LogP contribution < -0.4 is 15.4 Å². The number of aliphatic hydroxyl groups is 1. The summed E-state index contributed by atoms with van der Waals surface area (Å²) in [5, 5.41) is 13.8. The summed E-state index contributed by atoms with van der Waals surface area (Å²) >= 11 is 6.10. The van der Waals surface area contributed by atoms with Crippen molar-refractivity contribution in [1.29, 1.82) is 0 Å². The van der Waals surface area contributed by atoms with Crippen molar-refractivity contribution in [1.82, 2.24) is 15.5 Å². The number of halogens is 1. The van der Waals surface area contributed by atoms with Crippen molar-refractivity contribution in [3.8, 4) is 5.75 Å². The highest BCUT2D eigenvalue weighted by Gasteiger charge is 2.45. The Morgan fingerprint density at radius 3 is 2.75 bits per heavy atom. The first-order valence-electron chi connectivity index (χ1n) is 7.33. The summed E-state index contributed by atoms with van der Waals surface area (Å²) in [4.78, 5) is 37.2. The molecule has 3 rings (SSSR count). The molecule has 2 aliphatic rings. The Bertz CT molecular complexity index is 738. The van der Waals surface area contributed by atoms with Gasteiger partial charge in [-0.15, -0.1) is 0 Å². The van der Waals surface area contributed by atoms with Crippen molar-refractivity contribution in [3.05, 3.63) is 28.3 Å². The van der Waals surface area contributed by atoms with Crippen molar-refractivity contribution < 1.29 is 24.2 Å². The maximum Gasteiger partial charge on any atom is 0.322 e. The minimum absolute atomic E-state index is 0.0442. The molecule has 1 aromatic carbocycles. The Hall–Kier alpha value is -2.32. The van der Waals surface area contributed by atoms with E-state index >= 15 is 0 Å². The number of nitrogens with one attached hydrogen (secondary N) is 2. The van der Waals surface area contributed by atoms with Crippen LogP contribution in [0.5, 0.6) is 5.75 Å². The maximum atomic E-state index is 12.5. The third-order valence-electron chi connectivity index (χ3n) is 4.01. The standard InChI is InChI=1S/C15H16ClN3O5/c1-15(13(22)17-14(23)18-15)7-19-6-8-4-11(24-3-2-20)10(16)5-9(8)12(19)21/h4-5,20H,2-3,6-7H2,1H3,(H2,17,18,22,23).